The van der Waals surface area contributed by atoms with E-state index in [9.17, 15) is 14.9 Å². The smallest absolute Gasteiger partial charge is 0.224 e. The van der Waals surface area contributed by atoms with E-state index in [1.54, 1.807) is 0 Å². The van der Waals surface area contributed by atoms with E-state index in [0.717, 1.165) is 32.4 Å². The Morgan fingerprint density at radius 3 is 2.60 bits per heavy atom. The average molecular weight is 481 g/mol. The summed E-state index contributed by atoms with van der Waals surface area (Å²) in [4.78, 5) is 30.5. The lowest BCUT2D eigenvalue weighted by molar-refractivity contribution is -0.140. The minimum atomic E-state index is -0.811. The zero-order chi connectivity index (χ0) is 24.7. The van der Waals surface area contributed by atoms with Crippen LogP contribution in [0.15, 0.2) is 30.3 Å². The molecule has 3 unspecified atom stereocenters. The third-order valence-corrected chi connectivity index (χ3v) is 7.98. The number of morpholine rings is 1. The molecule has 1 aliphatic heterocycles. The molecular weight excluding hydrogens is 440 g/mol. The average Bonchev–Trinajstić information content (AvgIpc) is 3.56. The van der Waals surface area contributed by atoms with E-state index in [2.05, 4.69) is 35.5 Å². The van der Waals surface area contributed by atoms with Crippen LogP contribution >= 0.6 is 0 Å². The first-order chi connectivity index (χ1) is 17.0. The number of nitrogens with one attached hydrogen (secondary N) is 1. The van der Waals surface area contributed by atoms with Crippen molar-refractivity contribution in [2.75, 3.05) is 39.9 Å². The molecule has 0 bridgehead atoms. The fourth-order valence-corrected chi connectivity index (χ4v) is 5.79. The second kappa shape index (κ2) is 12.0. The van der Waals surface area contributed by atoms with Crippen LogP contribution in [0, 0.1) is 29.1 Å². The van der Waals surface area contributed by atoms with Crippen LogP contribution in [-0.4, -0.2) is 67.0 Å². The molecule has 1 saturated heterocycles. The van der Waals surface area contributed by atoms with E-state index in [4.69, 9.17) is 4.74 Å². The Morgan fingerprint density at radius 2 is 1.91 bits per heavy atom. The molecule has 4 rings (SSSR count). The van der Waals surface area contributed by atoms with Crippen molar-refractivity contribution in [3.8, 4) is 6.07 Å². The molecule has 3 aliphatic rings. The molecule has 3 atom stereocenters. The van der Waals surface area contributed by atoms with Gasteiger partial charge in [0, 0.05) is 44.4 Å². The Labute approximate surface area is 209 Å². The van der Waals surface area contributed by atoms with Gasteiger partial charge in [0.2, 0.25) is 11.8 Å². The molecule has 1 heterocycles. The van der Waals surface area contributed by atoms with Crippen LogP contribution in [0.5, 0.6) is 0 Å². The van der Waals surface area contributed by atoms with Crippen molar-refractivity contribution in [2.45, 2.75) is 63.5 Å². The Kier molecular flexibility index (Phi) is 8.80. The van der Waals surface area contributed by atoms with Crippen LogP contribution in [0.1, 0.15) is 56.9 Å². The molecule has 7 heteroatoms. The molecule has 7 nitrogen and oxygen atoms in total. The maximum atomic E-state index is 13.5. The normalized spacial score (nSPS) is 25.6. The van der Waals surface area contributed by atoms with Gasteiger partial charge in [0.15, 0.2) is 0 Å². The molecule has 0 spiro atoms. The molecule has 2 amide bonds. The van der Waals surface area contributed by atoms with Gasteiger partial charge in [-0.2, -0.15) is 5.26 Å². The van der Waals surface area contributed by atoms with Crippen molar-refractivity contribution in [2.24, 2.45) is 17.8 Å². The van der Waals surface area contributed by atoms with E-state index in [1.165, 1.54) is 24.8 Å². The van der Waals surface area contributed by atoms with Crippen LogP contribution in [0.3, 0.4) is 0 Å². The van der Waals surface area contributed by atoms with Crippen LogP contribution in [0.2, 0.25) is 0 Å². The van der Waals surface area contributed by atoms with Gasteiger partial charge in [-0.25, -0.2) is 0 Å². The van der Waals surface area contributed by atoms with Crippen molar-refractivity contribution in [1.29, 1.82) is 5.26 Å². The molecule has 0 radical (unpaired) electrons. The Bertz CT molecular complexity index is 889. The highest BCUT2D eigenvalue weighted by Crippen LogP contribution is 2.44. The van der Waals surface area contributed by atoms with Crippen molar-refractivity contribution < 1.29 is 14.3 Å². The molecule has 2 saturated carbocycles. The minimum absolute atomic E-state index is 0.0326. The van der Waals surface area contributed by atoms with Crippen molar-refractivity contribution in [3.05, 3.63) is 35.9 Å². The second-order valence-corrected chi connectivity index (χ2v) is 10.8. The second-order valence-electron chi connectivity index (χ2n) is 10.8. The summed E-state index contributed by atoms with van der Waals surface area (Å²) in [6, 6.07) is 12.7. The van der Waals surface area contributed by atoms with Gasteiger partial charge in [0.25, 0.3) is 0 Å². The van der Waals surface area contributed by atoms with Gasteiger partial charge in [-0.1, -0.05) is 62.4 Å². The summed E-state index contributed by atoms with van der Waals surface area (Å²) in [5.74, 6) is 0.136. The zero-order valence-electron chi connectivity index (χ0n) is 21.1. The SMILES string of the molecule is CN(Cc1ccccc1)CC1CC1(C#N)NC(=O)C(CC(=O)N1CCOCC1)CC1CCCCC1. The lowest BCUT2D eigenvalue weighted by Crippen LogP contribution is -2.46. The summed E-state index contributed by atoms with van der Waals surface area (Å²) in [6.45, 7) is 3.86. The van der Waals surface area contributed by atoms with E-state index in [-0.39, 0.29) is 30.1 Å². The van der Waals surface area contributed by atoms with Gasteiger partial charge in [-0.3, -0.25) is 9.59 Å². The summed E-state index contributed by atoms with van der Waals surface area (Å²) >= 11 is 0. The number of ether oxygens (including phenoxy) is 1. The third kappa shape index (κ3) is 7.05. The summed E-state index contributed by atoms with van der Waals surface area (Å²) in [7, 11) is 2.06. The van der Waals surface area contributed by atoms with E-state index in [0.29, 0.717) is 38.6 Å². The minimum Gasteiger partial charge on any atom is -0.378 e. The highest BCUT2D eigenvalue weighted by molar-refractivity contribution is 5.87. The fraction of sp³-hybridized carbons (Fsp3) is 0.679. The molecule has 2 aliphatic carbocycles. The van der Waals surface area contributed by atoms with Gasteiger partial charge >= 0.3 is 0 Å². The predicted octanol–water partition coefficient (Wildman–Crippen LogP) is 3.35. The van der Waals surface area contributed by atoms with E-state index >= 15 is 0 Å². The predicted molar refractivity (Wildman–Crippen MR) is 134 cm³/mol. The molecular formula is C28H40N4O3. The van der Waals surface area contributed by atoms with Crippen LogP contribution in [-0.2, 0) is 20.9 Å². The quantitative estimate of drug-likeness (QED) is 0.555. The lowest BCUT2D eigenvalue weighted by Gasteiger charge is -2.30. The topological polar surface area (TPSA) is 85.7 Å². The Hall–Kier alpha value is -2.43. The highest BCUT2D eigenvalue weighted by atomic mass is 16.5. The maximum Gasteiger partial charge on any atom is 0.224 e. The standard InChI is InChI=1S/C28H40N4O3/c1-31(19-23-10-6-3-7-11-23)20-25-18-28(25,21-29)30-27(34)24(16-22-8-4-2-5-9-22)17-26(33)32-12-14-35-15-13-32/h3,6-7,10-11,22,24-25H,2,4-5,8-9,12-20H2,1H3,(H,30,34). The van der Waals surface area contributed by atoms with Crippen molar-refractivity contribution in [1.82, 2.24) is 15.1 Å². The van der Waals surface area contributed by atoms with Crippen LogP contribution < -0.4 is 5.32 Å². The van der Waals surface area contributed by atoms with Gasteiger partial charge in [0.1, 0.15) is 5.54 Å². The van der Waals surface area contributed by atoms with E-state index in [1.807, 2.05) is 23.1 Å². The first-order valence-electron chi connectivity index (χ1n) is 13.3. The Balaban J connectivity index is 1.36. The lowest BCUT2D eigenvalue weighted by atomic mass is 9.81. The molecule has 0 aromatic heterocycles. The third-order valence-electron chi connectivity index (χ3n) is 7.98. The molecule has 35 heavy (non-hydrogen) atoms. The first kappa shape index (κ1) is 25.7. The number of benzene rings is 1. The molecule has 1 aromatic rings. The number of amides is 2. The Morgan fingerprint density at radius 1 is 1.20 bits per heavy atom. The number of rotatable bonds is 10. The fourth-order valence-electron chi connectivity index (χ4n) is 5.79. The number of carbonyl (C=O) groups is 2. The van der Waals surface area contributed by atoms with Gasteiger partial charge in [-0.05, 0) is 31.4 Å². The first-order valence-corrected chi connectivity index (χ1v) is 13.3. The summed E-state index contributed by atoms with van der Waals surface area (Å²) in [6.07, 6.45) is 7.56. The highest BCUT2D eigenvalue weighted by Gasteiger charge is 2.56. The van der Waals surface area contributed by atoms with E-state index < -0.39 is 5.54 Å². The molecule has 1 N–H and O–H groups in total. The van der Waals surface area contributed by atoms with Crippen LogP contribution in [0.25, 0.3) is 0 Å². The van der Waals surface area contributed by atoms with Gasteiger partial charge in [0.05, 0.1) is 19.3 Å². The van der Waals surface area contributed by atoms with Crippen molar-refractivity contribution >= 4 is 11.8 Å². The largest absolute Gasteiger partial charge is 0.378 e. The molecule has 190 valence electrons. The van der Waals surface area contributed by atoms with Gasteiger partial charge in [-0.15, -0.1) is 0 Å². The number of hydrogen-bond donors (Lipinski definition) is 1. The summed E-state index contributed by atoms with van der Waals surface area (Å²) < 4.78 is 5.38. The summed E-state index contributed by atoms with van der Waals surface area (Å²) in [5.41, 5.74) is 0.422. The summed E-state index contributed by atoms with van der Waals surface area (Å²) in [5, 5.41) is 13.1. The molecule has 1 aromatic carbocycles. The number of nitriles is 1. The number of nitrogens with zero attached hydrogens (tertiary/aromatic N) is 3. The van der Waals surface area contributed by atoms with Crippen molar-refractivity contribution in [3.63, 3.8) is 0 Å². The maximum absolute atomic E-state index is 13.5. The zero-order valence-corrected chi connectivity index (χ0v) is 21.1. The van der Waals surface area contributed by atoms with Crippen LogP contribution in [0.4, 0.5) is 0 Å². The van der Waals surface area contributed by atoms with Gasteiger partial charge < -0.3 is 19.9 Å². The number of carbonyl (C=O) groups excluding carboxylic acids is 2. The number of hydrogen-bond acceptors (Lipinski definition) is 5. The molecule has 3 fully saturated rings. The monoisotopic (exact) mass is 480 g/mol.